The number of hydrogen-bond acceptors (Lipinski definition) is 2. The Bertz CT molecular complexity index is 455. The normalized spacial score (nSPS) is 11.5. The second-order valence-electron chi connectivity index (χ2n) is 4.53. The molecule has 0 aliphatic carbocycles. The summed E-state index contributed by atoms with van der Waals surface area (Å²) in [6.07, 6.45) is 5.41. The van der Waals surface area contributed by atoms with Crippen LogP contribution in [0.3, 0.4) is 0 Å². The molecule has 0 radical (unpaired) electrons. The zero-order valence-corrected chi connectivity index (χ0v) is 12.5. The lowest BCUT2D eigenvalue weighted by Gasteiger charge is -2.10. The largest absolute Gasteiger partial charge is 0.494 e. The number of benzene rings is 1. The van der Waals surface area contributed by atoms with Gasteiger partial charge in [0, 0.05) is 6.42 Å². The smallest absolute Gasteiger partial charge is 0.119 e. The first-order valence-electron chi connectivity index (χ1n) is 7.01. The summed E-state index contributed by atoms with van der Waals surface area (Å²) in [6.45, 7) is 13.0. The molecule has 1 aromatic carbocycles. The van der Waals surface area contributed by atoms with E-state index in [-0.39, 0.29) is 0 Å². The molecule has 2 heteroatoms. The van der Waals surface area contributed by atoms with Gasteiger partial charge in [-0.25, -0.2) is 0 Å². The van der Waals surface area contributed by atoms with Crippen molar-refractivity contribution in [3.63, 3.8) is 0 Å². The Morgan fingerprint density at radius 3 is 2.40 bits per heavy atom. The van der Waals surface area contributed by atoms with Crippen LogP contribution in [0.1, 0.15) is 32.3 Å². The number of hydrogen-bond donors (Lipinski definition) is 0. The molecule has 0 amide bonds. The van der Waals surface area contributed by atoms with Crippen molar-refractivity contribution in [3.8, 4) is 5.75 Å². The first kappa shape index (κ1) is 16.1. The van der Waals surface area contributed by atoms with Crippen LogP contribution in [-0.4, -0.2) is 13.2 Å². The summed E-state index contributed by atoms with van der Waals surface area (Å²) in [7, 11) is 0. The molecule has 0 aliphatic heterocycles. The highest BCUT2D eigenvalue weighted by Gasteiger charge is 1.99. The van der Waals surface area contributed by atoms with Gasteiger partial charge in [0.2, 0.25) is 0 Å². The van der Waals surface area contributed by atoms with Gasteiger partial charge in [-0.3, -0.25) is 0 Å². The highest BCUT2D eigenvalue weighted by atomic mass is 16.5. The van der Waals surface area contributed by atoms with Crippen LogP contribution in [0.25, 0.3) is 6.08 Å². The van der Waals surface area contributed by atoms with Crippen molar-refractivity contribution in [1.82, 2.24) is 0 Å². The monoisotopic (exact) mass is 272 g/mol. The molecule has 20 heavy (non-hydrogen) atoms. The van der Waals surface area contributed by atoms with E-state index < -0.39 is 0 Å². The van der Waals surface area contributed by atoms with Gasteiger partial charge in [-0.05, 0) is 42.7 Å². The van der Waals surface area contributed by atoms with Gasteiger partial charge in [0.05, 0.1) is 13.2 Å². The predicted molar refractivity (Wildman–Crippen MR) is 85.8 cm³/mol. The molecule has 2 nitrogen and oxygen atoms in total. The topological polar surface area (TPSA) is 18.5 Å². The molecule has 0 bridgehead atoms. The van der Waals surface area contributed by atoms with E-state index in [2.05, 4.69) is 27.0 Å². The van der Waals surface area contributed by atoms with Crippen LogP contribution < -0.4 is 4.74 Å². The lowest BCUT2D eigenvalue weighted by molar-refractivity contribution is 0.189. The van der Waals surface area contributed by atoms with Gasteiger partial charge < -0.3 is 9.47 Å². The molecular formula is C18H24O2. The molecule has 108 valence electrons. The van der Waals surface area contributed by atoms with Crippen molar-refractivity contribution in [2.24, 2.45) is 0 Å². The van der Waals surface area contributed by atoms with E-state index >= 15 is 0 Å². The molecular weight excluding hydrogens is 248 g/mol. The third-order valence-corrected chi connectivity index (χ3v) is 3.07. The summed E-state index contributed by atoms with van der Waals surface area (Å²) in [6, 6.07) is 7.88. The van der Waals surface area contributed by atoms with Crippen LogP contribution in [0.4, 0.5) is 0 Å². The molecule has 0 fully saturated rings. The van der Waals surface area contributed by atoms with Gasteiger partial charge in [0.1, 0.15) is 11.5 Å². The lowest BCUT2D eigenvalue weighted by atomic mass is 10.2. The maximum atomic E-state index is 5.69. The van der Waals surface area contributed by atoms with E-state index in [0.29, 0.717) is 13.2 Å². The van der Waals surface area contributed by atoms with E-state index in [0.717, 1.165) is 29.9 Å². The van der Waals surface area contributed by atoms with Crippen molar-refractivity contribution in [3.05, 3.63) is 60.4 Å². The lowest BCUT2D eigenvalue weighted by Crippen LogP contribution is -2.03. The minimum atomic E-state index is 0.642. The zero-order valence-electron chi connectivity index (χ0n) is 12.5. The van der Waals surface area contributed by atoms with E-state index in [9.17, 15) is 0 Å². The molecule has 0 N–H and O–H groups in total. The quantitative estimate of drug-likeness (QED) is 0.358. The fourth-order valence-electron chi connectivity index (χ4n) is 1.66. The molecule has 1 rings (SSSR count). The Morgan fingerprint density at radius 2 is 1.85 bits per heavy atom. The Labute approximate surface area is 122 Å². The Morgan fingerprint density at radius 1 is 1.15 bits per heavy atom. The van der Waals surface area contributed by atoms with E-state index in [1.807, 2.05) is 30.3 Å². The van der Waals surface area contributed by atoms with Gasteiger partial charge in [-0.15, -0.1) is 0 Å². The fraction of sp³-hybridized carbons (Fsp3) is 0.333. The molecule has 0 heterocycles. The summed E-state index contributed by atoms with van der Waals surface area (Å²) >= 11 is 0. The minimum Gasteiger partial charge on any atom is -0.494 e. The zero-order chi connectivity index (χ0) is 14.8. The van der Waals surface area contributed by atoms with Crippen molar-refractivity contribution in [1.29, 1.82) is 0 Å². The van der Waals surface area contributed by atoms with E-state index in [1.165, 1.54) is 5.57 Å². The average Bonchev–Trinajstić information content (AvgIpc) is 2.50. The van der Waals surface area contributed by atoms with Crippen LogP contribution in [0.15, 0.2) is 54.8 Å². The highest BCUT2D eigenvalue weighted by Crippen LogP contribution is 2.14. The molecule has 0 unspecified atom stereocenters. The Kier molecular flexibility index (Phi) is 7.26. The summed E-state index contributed by atoms with van der Waals surface area (Å²) in [5.41, 5.74) is 2.32. The Balaban J connectivity index is 2.27. The molecule has 0 aliphatic rings. The predicted octanol–water partition coefficient (Wildman–Crippen LogP) is 4.99. The van der Waals surface area contributed by atoms with Crippen LogP contribution in [0.5, 0.6) is 5.75 Å². The number of allylic oxidation sites excluding steroid dienone is 2. The standard InChI is InChI=1S/C18H24O2/c1-5-15(4)18(7-3)20-14-8-13-19-17-11-9-16(6-2)10-12-17/h6-7,9-12H,2-3,5,8,13-14H2,1,4H3/b18-15-. The fourth-order valence-corrected chi connectivity index (χ4v) is 1.66. The number of rotatable bonds is 9. The molecule has 1 aromatic rings. The average molecular weight is 272 g/mol. The molecule has 0 aromatic heterocycles. The second kappa shape index (κ2) is 9.03. The van der Waals surface area contributed by atoms with E-state index in [4.69, 9.17) is 9.47 Å². The Hall–Kier alpha value is -1.96. The molecule has 0 atom stereocenters. The van der Waals surface area contributed by atoms with Crippen molar-refractivity contribution in [2.75, 3.05) is 13.2 Å². The summed E-state index contributed by atoms with van der Waals surface area (Å²) in [4.78, 5) is 0. The third kappa shape index (κ3) is 5.35. The molecule has 0 saturated carbocycles. The van der Waals surface area contributed by atoms with Crippen LogP contribution in [0.2, 0.25) is 0 Å². The summed E-state index contributed by atoms with van der Waals surface area (Å²) in [5, 5.41) is 0. The first-order chi connectivity index (χ1) is 9.71. The van der Waals surface area contributed by atoms with Gasteiger partial charge in [0.25, 0.3) is 0 Å². The van der Waals surface area contributed by atoms with Crippen LogP contribution in [-0.2, 0) is 4.74 Å². The van der Waals surface area contributed by atoms with Crippen molar-refractivity contribution >= 4 is 6.08 Å². The van der Waals surface area contributed by atoms with Gasteiger partial charge >= 0.3 is 0 Å². The minimum absolute atomic E-state index is 0.642. The van der Waals surface area contributed by atoms with Crippen LogP contribution >= 0.6 is 0 Å². The maximum Gasteiger partial charge on any atom is 0.119 e. The highest BCUT2D eigenvalue weighted by molar-refractivity contribution is 5.48. The van der Waals surface area contributed by atoms with Crippen molar-refractivity contribution in [2.45, 2.75) is 26.7 Å². The summed E-state index contributed by atoms with van der Waals surface area (Å²) < 4.78 is 11.3. The van der Waals surface area contributed by atoms with Gasteiger partial charge in [-0.1, -0.05) is 38.3 Å². The van der Waals surface area contributed by atoms with Crippen molar-refractivity contribution < 1.29 is 9.47 Å². The SMILES string of the molecule is C=C/C(OCCCOc1ccc(C=C)cc1)=C(\C)CC. The second-order valence-corrected chi connectivity index (χ2v) is 4.53. The van der Waals surface area contributed by atoms with Gasteiger partial charge in [-0.2, -0.15) is 0 Å². The molecule has 0 saturated heterocycles. The third-order valence-electron chi connectivity index (χ3n) is 3.07. The van der Waals surface area contributed by atoms with E-state index in [1.54, 1.807) is 6.08 Å². The maximum absolute atomic E-state index is 5.69. The first-order valence-corrected chi connectivity index (χ1v) is 7.01. The van der Waals surface area contributed by atoms with Crippen LogP contribution in [0, 0.1) is 0 Å². The van der Waals surface area contributed by atoms with Gasteiger partial charge in [0.15, 0.2) is 0 Å². The summed E-state index contributed by atoms with van der Waals surface area (Å²) in [5.74, 6) is 1.77. The number of ether oxygens (including phenoxy) is 2. The molecule has 0 spiro atoms.